The molecule has 0 saturated heterocycles. The monoisotopic (exact) mass is 348 g/mol. The minimum absolute atomic E-state index is 0.150. The molecule has 0 amide bonds. The summed E-state index contributed by atoms with van der Waals surface area (Å²) in [6, 6.07) is 16.4. The molecular formula is C21H20N2O3. The van der Waals surface area contributed by atoms with E-state index in [-0.39, 0.29) is 11.7 Å². The summed E-state index contributed by atoms with van der Waals surface area (Å²) in [5.41, 5.74) is 4.59. The van der Waals surface area contributed by atoms with Crippen LogP contribution in [0.15, 0.2) is 59.5 Å². The Morgan fingerprint density at radius 1 is 1.08 bits per heavy atom. The molecule has 1 atom stereocenters. The molecule has 26 heavy (non-hydrogen) atoms. The average molecular weight is 348 g/mol. The van der Waals surface area contributed by atoms with Gasteiger partial charge in [-0.15, -0.1) is 0 Å². The first kappa shape index (κ1) is 16.4. The SMILES string of the molecule is Cc1cc(C)cc(-c2ccc(OC[C@@H]3Cn4ccc(=O)nc4O3)cc2)c1. The summed E-state index contributed by atoms with van der Waals surface area (Å²) in [4.78, 5) is 15.1. The third-order valence-electron chi connectivity index (χ3n) is 4.37. The zero-order valence-electron chi connectivity index (χ0n) is 14.8. The van der Waals surface area contributed by atoms with E-state index in [0.29, 0.717) is 19.2 Å². The lowest BCUT2D eigenvalue weighted by molar-refractivity contribution is 0.143. The van der Waals surface area contributed by atoms with Gasteiger partial charge in [0.1, 0.15) is 12.4 Å². The van der Waals surface area contributed by atoms with Crippen molar-refractivity contribution >= 4 is 0 Å². The van der Waals surface area contributed by atoms with Crippen LogP contribution < -0.4 is 15.0 Å². The van der Waals surface area contributed by atoms with Gasteiger partial charge in [0, 0.05) is 12.3 Å². The number of nitrogens with zero attached hydrogens (tertiary/aromatic N) is 2. The van der Waals surface area contributed by atoms with Gasteiger partial charge in [-0.1, -0.05) is 41.5 Å². The van der Waals surface area contributed by atoms with Gasteiger partial charge < -0.3 is 9.47 Å². The molecular weight excluding hydrogens is 328 g/mol. The van der Waals surface area contributed by atoms with Crippen LogP contribution in [0.1, 0.15) is 11.1 Å². The summed E-state index contributed by atoms with van der Waals surface area (Å²) < 4.78 is 13.3. The Morgan fingerprint density at radius 3 is 2.54 bits per heavy atom. The number of benzene rings is 2. The molecule has 5 heteroatoms. The number of rotatable bonds is 4. The summed E-state index contributed by atoms with van der Waals surface area (Å²) in [6.07, 6.45) is 1.55. The number of hydrogen-bond acceptors (Lipinski definition) is 4. The molecule has 4 rings (SSSR count). The molecule has 2 heterocycles. The maximum Gasteiger partial charge on any atom is 0.300 e. The molecule has 0 spiro atoms. The van der Waals surface area contributed by atoms with Gasteiger partial charge in [0.05, 0.1) is 6.54 Å². The number of aromatic nitrogens is 2. The number of aryl methyl sites for hydroxylation is 2. The number of fused-ring (bicyclic) bond motifs is 1. The number of hydrogen-bond donors (Lipinski definition) is 0. The standard InChI is InChI=1S/C21H20N2O3/c1-14-9-15(2)11-17(10-14)16-3-5-18(6-4-16)25-13-19-12-23-8-7-20(24)22-21(23)26-19/h3-11,19H,12-13H2,1-2H3/t19-/m0/s1. The van der Waals surface area contributed by atoms with E-state index in [9.17, 15) is 4.79 Å². The minimum atomic E-state index is -0.292. The van der Waals surface area contributed by atoms with Crippen LogP contribution in [0.3, 0.4) is 0 Å². The van der Waals surface area contributed by atoms with Crippen molar-refractivity contribution < 1.29 is 9.47 Å². The lowest BCUT2D eigenvalue weighted by Crippen LogP contribution is -2.23. The molecule has 2 aromatic carbocycles. The normalized spacial score (nSPS) is 15.4. The molecule has 1 aliphatic heterocycles. The van der Waals surface area contributed by atoms with Crippen molar-refractivity contribution in [1.29, 1.82) is 0 Å². The fourth-order valence-corrected chi connectivity index (χ4v) is 3.21. The highest BCUT2D eigenvalue weighted by molar-refractivity contribution is 5.65. The van der Waals surface area contributed by atoms with Crippen LogP contribution in [0.2, 0.25) is 0 Å². The van der Waals surface area contributed by atoms with Gasteiger partial charge in [0.15, 0.2) is 6.10 Å². The molecule has 0 aliphatic carbocycles. The van der Waals surface area contributed by atoms with E-state index in [1.165, 1.54) is 22.8 Å². The van der Waals surface area contributed by atoms with Gasteiger partial charge in [-0.25, -0.2) is 0 Å². The van der Waals surface area contributed by atoms with Crippen LogP contribution in [-0.4, -0.2) is 22.3 Å². The molecule has 3 aromatic rings. The maximum absolute atomic E-state index is 11.3. The third kappa shape index (κ3) is 3.47. The summed E-state index contributed by atoms with van der Waals surface area (Å²) in [5.74, 6) is 0.792. The second kappa shape index (κ2) is 6.67. The van der Waals surface area contributed by atoms with Crippen LogP contribution in [0.5, 0.6) is 11.8 Å². The topological polar surface area (TPSA) is 53.4 Å². The van der Waals surface area contributed by atoms with E-state index in [1.54, 1.807) is 6.20 Å². The predicted octanol–water partition coefficient (Wildman–Crippen LogP) is 3.37. The Balaban J connectivity index is 1.40. The van der Waals surface area contributed by atoms with E-state index in [4.69, 9.17) is 9.47 Å². The lowest BCUT2D eigenvalue weighted by Gasteiger charge is -2.12. The van der Waals surface area contributed by atoms with Crippen molar-refractivity contribution in [2.24, 2.45) is 0 Å². The van der Waals surface area contributed by atoms with Crippen molar-refractivity contribution in [3.8, 4) is 22.9 Å². The summed E-state index contributed by atoms with van der Waals surface area (Å²) in [7, 11) is 0. The first-order valence-corrected chi connectivity index (χ1v) is 8.62. The smallest absolute Gasteiger partial charge is 0.300 e. The molecule has 0 fully saturated rings. The highest BCUT2D eigenvalue weighted by Gasteiger charge is 2.23. The molecule has 5 nitrogen and oxygen atoms in total. The fraction of sp³-hybridized carbons (Fsp3) is 0.238. The van der Waals surface area contributed by atoms with Crippen LogP contribution in [0.25, 0.3) is 11.1 Å². The summed E-state index contributed by atoms with van der Waals surface area (Å²) in [5, 5.41) is 0. The van der Waals surface area contributed by atoms with Gasteiger partial charge in [-0.05, 0) is 37.1 Å². The van der Waals surface area contributed by atoms with Crippen molar-refractivity contribution in [2.75, 3.05) is 6.61 Å². The van der Waals surface area contributed by atoms with E-state index in [1.807, 2.05) is 16.7 Å². The summed E-state index contributed by atoms with van der Waals surface area (Å²) in [6.45, 7) is 5.25. The molecule has 0 N–H and O–H groups in total. The molecule has 1 aromatic heterocycles. The summed E-state index contributed by atoms with van der Waals surface area (Å²) >= 11 is 0. The Kier molecular flexibility index (Phi) is 4.21. The first-order chi connectivity index (χ1) is 12.6. The van der Waals surface area contributed by atoms with Crippen LogP contribution in [0.4, 0.5) is 0 Å². The quantitative estimate of drug-likeness (QED) is 0.725. The molecule has 0 radical (unpaired) electrons. The highest BCUT2D eigenvalue weighted by Crippen LogP contribution is 2.25. The largest absolute Gasteiger partial charge is 0.490 e. The third-order valence-corrected chi connectivity index (χ3v) is 4.37. The Bertz CT molecular complexity index is 973. The number of ether oxygens (including phenoxy) is 2. The van der Waals surface area contributed by atoms with Crippen LogP contribution >= 0.6 is 0 Å². The zero-order chi connectivity index (χ0) is 18.1. The molecule has 132 valence electrons. The van der Waals surface area contributed by atoms with E-state index in [2.05, 4.69) is 49.2 Å². The van der Waals surface area contributed by atoms with Crippen molar-refractivity contribution in [2.45, 2.75) is 26.5 Å². The maximum atomic E-state index is 11.3. The Morgan fingerprint density at radius 2 is 1.81 bits per heavy atom. The first-order valence-electron chi connectivity index (χ1n) is 8.62. The van der Waals surface area contributed by atoms with E-state index >= 15 is 0 Å². The van der Waals surface area contributed by atoms with Gasteiger partial charge in [-0.3, -0.25) is 9.36 Å². The fourth-order valence-electron chi connectivity index (χ4n) is 3.21. The predicted molar refractivity (Wildman–Crippen MR) is 99.8 cm³/mol. The second-order valence-corrected chi connectivity index (χ2v) is 6.65. The average Bonchev–Trinajstić information content (AvgIpc) is 3.01. The van der Waals surface area contributed by atoms with Crippen molar-refractivity contribution in [1.82, 2.24) is 9.55 Å². The second-order valence-electron chi connectivity index (χ2n) is 6.65. The zero-order valence-corrected chi connectivity index (χ0v) is 14.8. The van der Waals surface area contributed by atoms with Gasteiger partial charge in [-0.2, -0.15) is 4.98 Å². The molecule has 0 unspecified atom stereocenters. The van der Waals surface area contributed by atoms with Crippen LogP contribution in [-0.2, 0) is 6.54 Å². The van der Waals surface area contributed by atoms with Crippen molar-refractivity contribution in [3.63, 3.8) is 0 Å². The molecule has 0 bridgehead atoms. The Labute approximate surface area is 151 Å². The lowest BCUT2D eigenvalue weighted by atomic mass is 10.0. The minimum Gasteiger partial charge on any atom is -0.490 e. The molecule has 0 saturated carbocycles. The Hall–Kier alpha value is -3.08. The van der Waals surface area contributed by atoms with Crippen LogP contribution in [0, 0.1) is 13.8 Å². The van der Waals surface area contributed by atoms with Gasteiger partial charge >= 0.3 is 0 Å². The van der Waals surface area contributed by atoms with Gasteiger partial charge in [0.2, 0.25) is 0 Å². The van der Waals surface area contributed by atoms with Gasteiger partial charge in [0.25, 0.3) is 11.6 Å². The highest BCUT2D eigenvalue weighted by atomic mass is 16.6. The van der Waals surface area contributed by atoms with E-state index < -0.39 is 0 Å². The van der Waals surface area contributed by atoms with Crippen molar-refractivity contribution in [3.05, 3.63) is 76.2 Å². The van der Waals surface area contributed by atoms with E-state index in [0.717, 1.165) is 11.3 Å². The molecule has 1 aliphatic rings.